The molecular formula is C36H53N3O5. The van der Waals surface area contributed by atoms with Crippen LogP contribution in [0.1, 0.15) is 106 Å². The molecule has 8 heteroatoms. The molecule has 4 fully saturated rings. The molecule has 0 spiro atoms. The molecule has 0 radical (unpaired) electrons. The molecule has 5 aliphatic rings. The topological polar surface area (TPSA) is 80.3 Å². The van der Waals surface area contributed by atoms with Crippen molar-refractivity contribution in [2.75, 3.05) is 27.3 Å². The van der Waals surface area contributed by atoms with Gasteiger partial charge in [0.2, 0.25) is 5.91 Å². The summed E-state index contributed by atoms with van der Waals surface area (Å²) in [5.41, 5.74) is 2.38. The van der Waals surface area contributed by atoms with E-state index in [1.165, 1.54) is 70.6 Å². The van der Waals surface area contributed by atoms with Gasteiger partial charge in [0, 0.05) is 51.2 Å². The van der Waals surface area contributed by atoms with Crippen molar-refractivity contribution < 1.29 is 23.8 Å². The lowest BCUT2D eigenvalue weighted by Crippen LogP contribution is -2.51. The number of ether oxygens (including phenoxy) is 3. The number of nitrogens with one attached hydrogen (secondary N) is 1. The highest BCUT2D eigenvalue weighted by Gasteiger charge is 2.39. The van der Waals surface area contributed by atoms with Crippen LogP contribution in [-0.4, -0.2) is 79.3 Å². The number of hydrogen-bond acceptors (Lipinski definition) is 6. The van der Waals surface area contributed by atoms with Crippen molar-refractivity contribution in [3.63, 3.8) is 0 Å². The summed E-state index contributed by atoms with van der Waals surface area (Å²) in [6.07, 6.45) is 16.6. The average molecular weight is 608 g/mol. The van der Waals surface area contributed by atoms with Crippen LogP contribution in [0.5, 0.6) is 5.75 Å². The van der Waals surface area contributed by atoms with Gasteiger partial charge in [-0.15, -0.1) is 0 Å². The van der Waals surface area contributed by atoms with Crippen molar-refractivity contribution in [1.29, 1.82) is 0 Å². The first kappa shape index (κ1) is 31.6. The molecule has 3 unspecified atom stereocenters. The number of benzene rings is 1. The molecule has 1 aromatic rings. The molecule has 3 aliphatic carbocycles. The van der Waals surface area contributed by atoms with Crippen LogP contribution in [-0.2, 0) is 20.8 Å². The van der Waals surface area contributed by atoms with Crippen LogP contribution in [0.25, 0.3) is 0 Å². The van der Waals surface area contributed by atoms with Crippen LogP contribution >= 0.6 is 0 Å². The highest BCUT2D eigenvalue weighted by molar-refractivity contribution is 6.01. The quantitative estimate of drug-likeness (QED) is 0.360. The van der Waals surface area contributed by atoms with E-state index < -0.39 is 6.04 Å². The largest absolute Gasteiger partial charge is 0.489 e. The average Bonchev–Trinajstić information content (AvgIpc) is 3.36. The van der Waals surface area contributed by atoms with E-state index in [2.05, 4.69) is 22.9 Å². The molecule has 2 amide bonds. The van der Waals surface area contributed by atoms with Crippen molar-refractivity contribution >= 4 is 11.8 Å². The fourth-order valence-corrected chi connectivity index (χ4v) is 8.62. The van der Waals surface area contributed by atoms with Gasteiger partial charge in [0.15, 0.2) is 0 Å². The summed E-state index contributed by atoms with van der Waals surface area (Å²) in [6, 6.07) is 5.89. The molecule has 8 nitrogen and oxygen atoms in total. The van der Waals surface area contributed by atoms with Gasteiger partial charge in [-0.3, -0.25) is 14.5 Å². The monoisotopic (exact) mass is 607 g/mol. The van der Waals surface area contributed by atoms with Crippen LogP contribution in [0.4, 0.5) is 0 Å². The molecule has 1 saturated heterocycles. The molecule has 2 heterocycles. The van der Waals surface area contributed by atoms with Crippen LogP contribution in [0.2, 0.25) is 0 Å². The summed E-state index contributed by atoms with van der Waals surface area (Å²) < 4.78 is 18.2. The minimum atomic E-state index is -0.445. The summed E-state index contributed by atoms with van der Waals surface area (Å²) >= 11 is 0. The van der Waals surface area contributed by atoms with Gasteiger partial charge in [0.1, 0.15) is 17.9 Å². The molecular weight excluding hydrogens is 554 g/mol. The van der Waals surface area contributed by atoms with E-state index in [0.29, 0.717) is 55.0 Å². The minimum absolute atomic E-state index is 0.0627. The summed E-state index contributed by atoms with van der Waals surface area (Å²) in [7, 11) is 3.71. The van der Waals surface area contributed by atoms with Crippen LogP contribution in [0.3, 0.4) is 0 Å². The Balaban J connectivity index is 1.15. The van der Waals surface area contributed by atoms with Crippen molar-refractivity contribution in [3.8, 4) is 5.75 Å². The number of carbonyl (C=O) groups excluding carboxylic acids is 2. The van der Waals surface area contributed by atoms with Crippen LogP contribution in [0.15, 0.2) is 30.5 Å². The molecule has 242 valence electrons. The standard InChI is InChI=1S/C36H53N3O5/c1-24-8-19-33(35(40)37-24)39-23-27-20-30(17-18-31(27)36(39)41)44-34-7-5-4-6-32(34)38(21-25-9-13-28(42-2)14-10-25)22-26-11-15-29(43-3)16-12-26/h17-18,20,25-26,28-29,32-34H,1,4-16,19,21-23H2,2-3H3,(H,37,40). The predicted molar refractivity (Wildman–Crippen MR) is 170 cm³/mol. The van der Waals surface area contributed by atoms with Gasteiger partial charge in [0.05, 0.1) is 12.2 Å². The second-order valence-electron chi connectivity index (χ2n) is 14.1. The fourth-order valence-electron chi connectivity index (χ4n) is 8.62. The van der Waals surface area contributed by atoms with Gasteiger partial charge in [-0.25, -0.2) is 0 Å². The van der Waals surface area contributed by atoms with Gasteiger partial charge in [-0.05, 0) is 119 Å². The Kier molecular flexibility index (Phi) is 10.3. The van der Waals surface area contributed by atoms with Crippen molar-refractivity contribution in [2.24, 2.45) is 11.8 Å². The third-order valence-electron chi connectivity index (χ3n) is 11.3. The van der Waals surface area contributed by atoms with Gasteiger partial charge >= 0.3 is 0 Å². The Bertz CT molecular complexity index is 1150. The van der Waals surface area contributed by atoms with Crippen molar-refractivity contribution in [3.05, 3.63) is 41.6 Å². The smallest absolute Gasteiger partial charge is 0.255 e. The van der Waals surface area contributed by atoms with E-state index in [1.54, 1.807) is 4.90 Å². The Morgan fingerprint density at radius 3 is 2.11 bits per heavy atom. The zero-order valence-corrected chi connectivity index (χ0v) is 26.9. The second-order valence-corrected chi connectivity index (χ2v) is 14.1. The Morgan fingerprint density at radius 2 is 1.50 bits per heavy atom. The van der Waals surface area contributed by atoms with Gasteiger partial charge in [-0.1, -0.05) is 13.0 Å². The maximum atomic E-state index is 13.3. The Hall–Kier alpha value is -2.42. The van der Waals surface area contributed by atoms with E-state index in [1.807, 2.05) is 26.4 Å². The number of nitrogens with zero attached hydrogens (tertiary/aromatic N) is 2. The highest BCUT2D eigenvalue weighted by Crippen LogP contribution is 2.36. The third-order valence-corrected chi connectivity index (χ3v) is 11.3. The van der Waals surface area contributed by atoms with Crippen molar-refractivity contribution in [2.45, 2.75) is 127 Å². The maximum Gasteiger partial charge on any atom is 0.255 e. The van der Waals surface area contributed by atoms with E-state index >= 15 is 0 Å². The number of amides is 2. The van der Waals surface area contributed by atoms with Gasteiger partial charge in [-0.2, -0.15) is 0 Å². The Morgan fingerprint density at radius 1 is 0.864 bits per heavy atom. The number of rotatable bonds is 10. The molecule has 2 aliphatic heterocycles. The van der Waals surface area contributed by atoms with Gasteiger partial charge in [0.25, 0.3) is 5.91 Å². The molecule has 0 bridgehead atoms. The molecule has 1 aromatic carbocycles. The molecule has 3 saturated carbocycles. The normalized spacial score (nSPS) is 32.9. The van der Waals surface area contributed by atoms with Crippen LogP contribution < -0.4 is 10.1 Å². The summed E-state index contributed by atoms with van der Waals surface area (Å²) in [6.45, 7) is 6.63. The van der Waals surface area contributed by atoms with Crippen LogP contribution in [0, 0.1) is 11.8 Å². The second kappa shape index (κ2) is 14.3. The number of piperidine rings is 1. The lowest BCUT2D eigenvalue weighted by Gasteiger charge is -2.44. The SMILES string of the molecule is C=C1CCC(N2Cc3cc(OC4CCCCC4N(CC4CCC(OC)CC4)CC4CCC(OC)CC4)ccc3C2=O)C(=O)N1. The lowest BCUT2D eigenvalue weighted by atomic mass is 9.83. The van der Waals surface area contributed by atoms with E-state index in [9.17, 15) is 9.59 Å². The van der Waals surface area contributed by atoms with E-state index in [4.69, 9.17) is 14.2 Å². The Labute approximate surface area is 263 Å². The molecule has 6 rings (SSSR count). The number of fused-ring (bicyclic) bond motifs is 1. The number of carbonyl (C=O) groups is 2. The maximum absolute atomic E-state index is 13.3. The first-order valence-electron chi connectivity index (χ1n) is 17.3. The predicted octanol–water partition coefficient (Wildman–Crippen LogP) is 5.84. The first-order chi connectivity index (χ1) is 21.4. The van der Waals surface area contributed by atoms with Gasteiger partial charge < -0.3 is 24.4 Å². The van der Waals surface area contributed by atoms with E-state index in [-0.39, 0.29) is 17.9 Å². The lowest BCUT2D eigenvalue weighted by molar-refractivity contribution is -0.126. The number of allylic oxidation sites excluding steroid dienone is 1. The van der Waals surface area contributed by atoms with E-state index in [0.717, 1.165) is 36.5 Å². The summed E-state index contributed by atoms with van der Waals surface area (Å²) in [5.74, 6) is 2.08. The number of hydrogen-bond donors (Lipinski definition) is 1. The molecule has 3 atom stereocenters. The molecule has 1 N–H and O–H groups in total. The summed E-state index contributed by atoms with van der Waals surface area (Å²) in [4.78, 5) is 30.5. The summed E-state index contributed by atoms with van der Waals surface area (Å²) in [5, 5.41) is 2.83. The first-order valence-corrected chi connectivity index (χ1v) is 17.3. The third kappa shape index (κ3) is 7.18. The zero-order valence-electron chi connectivity index (χ0n) is 26.9. The molecule has 44 heavy (non-hydrogen) atoms. The fraction of sp³-hybridized carbons (Fsp3) is 0.722. The molecule has 0 aromatic heterocycles. The van der Waals surface area contributed by atoms with Crippen molar-refractivity contribution in [1.82, 2.24) is 15.1 Å². The zero-order chi connectivity index (χ0) is 30.6. The highest BCUT2D eigenvalue weighted by atomic mass is 16.5. The minimum Gasteiger partial charge on any atom is -0.489 e. The number of methoxy groups -OCH3 is 2.